The van der Waals surface area contributed by atoms with Gasteiger partial charge in [-0.05, 0) is 87.2 Å². The number of carbonyl (C=O) groups is 1. The molecule has 0 radical (unpaired) electrons. The number of nitrogens with zero attached hydrogens (tertiary/aromatic N) is 5. The molecule has 3 heterocycles. The van der Waals surface area contributed by atoms with Crippen molar-refractivity contribution in [1.82, 2.24) is 24.6 Å². The topological polar surface area (TPSA) is 54.3 Å². The highest BCUT2D eigenvalue weighted by Crippen LogP contribution is 2.52. The average Bonchev–Trinajstić information content (AvgIpc) is 3.35. The summed E-state index contributed by atoms with van der Waals surface area (Å²) in [7, 11) is 0. The third-order valence-corrected chi connectivity index (χ3v) is 9.28. The van der Waals surface area contributed by atoms with E-state index in [2.05, 4.69) is 52.3 Å². The van der Waals surface area contributed by atoms with Gasteiger partial charge in [0.25, 0.3) is 0 Å². The summed E-state index contributed by atoms with van der Waals surface area (Å²) >= 11 is 7.69. The lowest BCUT2D eigenvalue weighted by Crippen LogP contribution is -2.38. The number of amides is 1. The van der Waals surface area contributed by atoms with Gasteiger partial charge >= 0.3 is 0 Å². The highest BCUT2D eigenvalue weighted by Gasteiger charge is 2.50. The van der Waals surface area contributed by atoms with E-state index in [9.17, 15) is 4.79 Å². The minimum Gasteiger partial charge on any atom is -0.338 e. The van der Waals surface area contributed by atoms with Crippen LogP contribution in [0.1, 0.15) is 78.1 Å². The van der Waals surface area contributed by atoms with Gasteiger partial charge < -0.3 is 4.90 Å². The molecule has 1 saturated carbocycles. The molecule has 0 N–H and O–H groups in total. The number of fused-ring (bicyclic) bond motifs is 2. The third kappa shape index (κ3) is 5.28. The van der Waals surface area contributed by atoms with Crippen LogP contribution in [-0.2, 0) is 4.79 Å². The quantitative estimate of drug-likeness (QED) is 0.442. The van der Waals surface area contributed by atoms with E-state index in [0.29, 0.717) is 22.2 Å². The fourth-order valence-electron chi connectivity index (χ4n) is 6.91. The molecule has 5 rings (SSSR count). The average molecular weight is 516 g/mol. The first-order chi connectivity index (χ1) is 16.6. The zero-order valence-electron chi connectivity index (χ0n) is 21.5. The molecule has 6 nitrogen and oxygen atoms in total. The van der Waals surface area contributed by atoms with Gasteiger partial charge in [-0.2, -0.15) is 0 Å². The maximum absolute atomic E-state index is 13.4. The van der Waals surface area contributed by atoms with Crippen LogP contribution in [0.3, 0.4) is 0 Å². The number of likely N-dealkylation sites (tertiary alicyclic amines) is 2. The molecule has 0 spiro atoms. The van der Waals surface area contributed by atoms with E-state index < -0.39 is 0 Å². The first-order valence-corrected chi connectivity index (χ1v) is 14.4. The summed E-state index contributed by atoms with van der Waals surface area (Å²) in [5.74, 6) is 1.53. The monoisotopic (exact) mass is 515 g/mol. The molecular formula is C27H38ClN5OS. The minimum absolute atomic E-state index is 0.156. The van der Waals surface area contributed by atoms with Crippen molar-refractivity contribution in [3.63, 3.8) is 0 Å². The highest BCUT2D eigenvalue weighted by molar-refractivity contribution is 7.99. The Morgan fingerprint density at radius 2 is 1.83 bits per heavy atom. The lowest BCUT2D eigenvalue weighted by molar-refractivity contribution is -0.129. The Bertz CT molecular complexity index is 1060. The minimum atomic E-state index is 0.156. The number of carbonyl (C=O) groups excluding carboxylic acids is 1. The van der Waals surface area contributed by atoms with Gasteiger partial charge in [0.15, 0.2) is 11.0 Å². The first kappa shape index (κ1) is 25.1. The first-order valence-electron chi connectivity index (χ1n) is 13.0. The molecule has 1 aliphatic carbocycles. The van der Waals surface area contributed by atoms with Gasteiger partial charge in [0.05, 0.1) is 11.8 Å². The normalized spacial score (nSPS) is 27.2. The molecule has 3 aliphatic rings. The van der Waals surface area contributed by atoms with Crippen molar-refractivity contribution in [2.24, 2.45) is 10.8 Å². The summed E-state index contributed by atoms with van der Waals surface area (Å²) < 4.78 is 2.13. The summed E-state index contributed by atoms with van der Waals surface area (Å²) in [6.07, 6.45) is 7.16. The zero-order chi connectivity index (χ0) is 24.8. The number of halogens is 1. The van der Waals surface area contributed by atoms with Crippen molar-refractivity contribution < 1.29 is 4.79 Å². The molecule has 8 heteroatoms. The van der Waals surface area contributed by atoms with Gasteiger partial charge in [0.2, 0.25) is 5.91 Å². The summed E-state index contributed by atoms with van der Waals surface area (Å²) in [6, 6.07) is 8.34. The Kier molecular flexibility index (Phi) is 6.96. The fraction of sp³-hybridized carbons (Fsp3) is 0.667. The molecule has 2 saturated heterocycles. The standard InChI is InChI=1S/C27H38ClN5OS/c1-19(31-12-6-5-7-13-31)24-29-30-25(33(24)21-10-8-20(28)9-11-21)35-16-23(34)32-18-27(4)15-22(32)14-26(2,3)17-27/h8-11,19,22H,5-7,12-18H2,1-4H3. The molecule has 190 valence electrons. The summed E-state index contributed by atoms with van der Waals surface area (Å²) in [4.78, 5) is 18.1. The van der Waals surface area contributed by atoms with Crippen molar-refractivity contribution >= 4 is 29.3 Å². The van der Waals surface area contributed by atoms with Crippen LogP contribution in [0.5, 0.6) is 0 Å². The maximum Gasteiger partial charge on any atom is 0.233 e. The van der Waals surface area contributed by atoms with Crippen LogP contribution >= 0.6 is 23.4 Å². The van der Waals surface area contributed by atoms with E-state index in [-0.39, 0.29) is 17.4 Å². The number of hydrogen-bond acceptors (Lipinski definition) is 5. The van der Waals surface area contributed by atoms with Crippen LogP contribution in [0, 0.1) is 10.8 Å². The van der Waals surface area contributed by atoms with Gasteiger partial charge in [-0.25, -0.2) is 0 Å². The Balaban J connectivity index is 1.36. The second kappa shape index (κ2) is 9.71. The molecule has 3 atom stereocenters. The van der Waals surface area contributed by atoms with E-state index in [0.717, 1.165) is 49.1 Å². The van der Waals surface area contributed by atoms with Crippen molar-refractivity contribution in [2.45, 2.75) is 83.5 Å². The van der Waals surface area contributed by atoms with Crippen LogP contribution < -0.4 is 0 Å². The smallest absolute Gasteiger partial charge is 0.233 e. The summed E-state index contributed by atoms with van der Waals surface area (Å²) in [5.41, 5.74) is 1.53. The molecule has 1 amide bonds. The van der Waals surface area contributed by atoms with Crippen LogP contribution in [0.25, 0.3) is 5.69 Å². The molecule has 35 heavy (non-hydrogen) atoms. The van der Waals surface area contributed by atoms with E-state index in [1.807, 2.05) is 24.3 Å². The van der Waals surface area contributed by atoms with Crippen LogP contribution in [-0.4, -0.2) is 61.9 Å². The number of aromatic nitrogens is 3. The van der Waals surface area contributed by atoms with Gasteiger partial charge in [-0.15, -0.1) is 10.2 Å². The Morgan fingerprint density at radius 1 is 1.11 bits per heavy atom. The molecule has 3 unspecified atom stereocenters. The summed E-state index contributed by atoms with van der Waals surface area (Å²) in [6.45, 7) is 12.3. The van der Waals surface area contributed by atoms with Gasteiger partial charge in [0, 0.05) is 23.3 Å². The second-order valence-corrected chi connectivity index (χ2v) is 13.3. The van der Waals surface area contributed by atoms with Gasteiger partial charge in [-0.3, -0.25) is 14.3 Å². The van der Waals surface area contributed by atoms with Crippen LogP contribution in [0.15, 0.2) is 29.4 Å². The summed E-state index contributed by atoms with van der Waals surface area (Å²) in [5, 5.41) is 10.7. The Hall–Kier alpha value is -1.57. The van der Waals surface area contributed by atoms with Crippen LogP contribution in [0.2, 0.25) is 5.02 Å². The van der Waals surface area contributed by atoms with Crippen molar-refractivity contribution in [3.05, 3.63) is 35.1 Å². The maximum atomic E-state index is 13.4. The van der Waals surface area contributed by atoms with Crippen molar-refractivity contribution in [3.8, 4) is 5.69 Å². The van der Waals surface area contributed by atoms with E-state index in [1.54, 1.807) is 0 Å². The molecule has 1 aromatic carbocycles. The number of hydrogen-bond donors (Lipinski definition) is 0. The predicted octanol–water partition coefficient (Wildman–Crippen LogP) is 5.99. The van der Waals surface area contributed by atoms with E-state index in [4.69, 9.17) is 11.6 Å². The largest absolute Gasteiger partial charge is 0.338 e. The molecule has 2 bridgehead atoms. The second-order valence-electron chi connectivity index (χ2n) is 11.9. The number of thioether (sulfide) groups is 1. The Labute approximate surface area is 218 Å². The molecule has 3 fully saturated rings. The number of rotatable bonds is 6. The zero-order valence-corrected chi connectivity index (χ0v) is 23.0. The van der Waals surface area contributed by atoms with Crippen LogP contribution in [0.4, 0.5) is 0 Å². The van der Waals surface area contributed by atoms with Gasteiger partial charge in [0.1, 0.15) is 0 Å². The SMILES string of the molecule is CC(c1nnc(SCC(=O)N2CC3(C)CC2CC(C)(C)C3)n1-c1ccc(Cl)cc1)N1CCCCC1. The number of piperidine rings is 1. The predicted molar refractivity (Wildman–Crippen MR) is 142 cm³/mol. The van der Waals surface area contributed by atoms with E-state index in [1.165, 1.54) is 37.4 Å². The van der Waals surface area contributed by atoms with Crippen molar-refractivity contribution in [1.29, 1.82) is 0 Å². The third-order valence-electron chi connectivity index (χ3n) is 8.12. The molecular weight excluding hydrogens is 478 g/mol. The van der Waals surface area contributed by atoms with Gasteiger partial charge in [-0.1, -0.05) is 50.6 Å². The number of benzene rings is 1. The molecule has 2 aromatic rings. The lowest BCUT2D eigenvalue weighted by atomic mass is 9.65. The lowest BCUT2D eigenvalue weighted by Gasteiger charge is -2.39. The highest BCUT2D eigenvalue weighted by atomic mass is 35.5. The molecule has 2 aliphatic heterocycles. The van der Waals surface area contributed by atoms with E-state index >= 15 is 0 Å². The molecule has 1 aromatic heterocycles. The fourth-order valence-corrected chi connectivity index (χ4v) is 7.88. The van der Waals surface area contributed by atoms with Crippen molar-refractivity contribution in [2.75, 3.05) is 25.4 Å². The Morgan fingerprint density at radius 3 is 2.54 bits per heavy atom.